The van der Waals surface area contributed by atoms with E-state index in [-0.39, 0.29) is 13.2 Å². The third kappa shape index (κ3) is 4.57. The first-order chi connectivity index (χ1) is 8.67. The number of aliphatic hydroxyl groups excluding tert-OH is 1. The molecule has 1 atom stereocenters. The summed E-state index contributed by atoms with van der Waals surface area (Å²) in [4.78, 5) is 11.0. The third-order valence-corrected chi connectivity index (χ3v) is 2.22. The second kappa shape index (κ2) is 7.47. The van der Waals surface area contributed by atoms with Gasteiger partial charge in [-0.1, -0.05) is 18.2 Å². The minimum absolute atomic E-state index is 0.111. The zero-order valence-electron chi connectivity index (χ0n) is 10.2. The molecule has 0 spiro atoms. The number of carbonyl (C=O) groups excluding carboxylic acids is 1. The lowest BCUT2D eigenvalue weighted by atomic mass is 10.2. The van der Waals surface area contributed by atoms with E-state index in [0.29, 0.717) is 5.75 Å². The number of esters is 1. The summed E-state index contributed by atoms with van der Waals surface area (Å²) in [5, 5.41) is 9.32. The first kappa shape index (κ1) is 14.2. The van der Waals surface area contributed by atoms with E-state index in [1.54, 1.807) is 24.3 Å². The van der Waals surface area contributed by atoms with Crippen molar-refractivity contribution >= 4 is 12.0 Å². The highest BCUT2D eigenvalue weighted by atomic mass is 16.5. The molecule has 18 heavy (non-hydrogen) atoms. The molecule has 0 aliphatic carbocycles. The van der Waals surface area contributed by atoms with Gasteiger partial charge < -0.3 is 20.3 Å². The summed E-state index contributed by atoms with van der Waals surface area (Å²) in [6, 6.07) is 7.17. The van der Waals surface area contributed by atoms with E-state index in [1.807, 2.05) is 6.07 Å². The molecule has 5 heteroatoms. The van der Waals surface area contributed by atoms with Crippen LogP contribution in [0.2, 0.25) is 0 Å². The molecule has 0 radical (unpaired) electrons. The van der Waals surface area contributed by atoms with Crippen LogP contribution in [0.4, 0.5) is 0 Å². The van der Waals surface area contributed by atoms with Crippen molar-refractivity contribution < 1.29 is 19.4 Å². The molecule has 0 aliphatic rings. The summed E-state index contributed by atoms with van der Waals surface area (Å²) < 4.78 is 9.93. The number of para-hydroxylation sites is 1. The van der Waals surface area contributed by atoms with Gasteiger partial charge in [0.1, 0.15) is 18.5 Å². The van der Waals surface area contributed by atoms with Crippen LogP contribution in [0.5, 0.6) is 5.75 Å². The molecule has 0 amide bonds. The smallest absolute Gasteiger partial charge is 0.330 e. The van der Waals surface area contributed by atoms with E-state index in [9.17, 15) is 9.90 Å². The molecular weight excluding hydrogens is 234 g/mol. The first-order valence-corrected chi connectivity index (χ1v) is 5.53. The maximum absolute atomic E-state index is 11.0. The number of ether oxygens (including phenoxy) is 2. The van der Waals surface area contributed by atoms with Gasteiger partial charge in [-0.25, -0.2) is 4.79 Å². The molecule has 0 bridgehead atoms. The Morgan fingerprint density at radius 1 is 1.50 bits per heavy atom. The van der Waals surface area contributed by atoms with Crippen LogP contribution in [0.25, 0.3) is 6.08 Å². The zero-order valence-corrected chi connectivity index (χ0v) is 10.2. The van der Waals surface area contributed by atoms with E-state index in [4.69, 9.17) is 10.5 Å². The summed E-state index contributed by atoms with van der Waals surface area (Å²) >= 11 is 0. The van der Waals surface area contributed by atoms with Crippen LogP contribution >= 0.6 is 0 Å². The predicted octanol–water partition coefficient (Wildman–Crippen LogP) is 0.571. The van der Waals surface area contributed by atoms with Crippen molar-refractivity contribution in [3.05, 3.63) is 35.9 Å². The Hall–Kier alpha value is -1.85. The van der Waals surface area contributed by atoms with Crippen LogP contribution < -0.4 is 10.5 Å². The molecule has 1 rings (SSSR count). The fourth-order valence-electron chi connectivity index (χ4n) is 1.23. The molecule has 0 fully saturated rings. The standard InChI is InChI=1S/C13H17NO4/c1-17-13(16)7-6-10-4-2-3-5-12(10)18-9-11(15)8-14/h2-7,11,15H,8-9,14H2,1H3/b7-6+. The molecule has 0 saturated carbocycles. The van der Waals surface area contributed by atoms with Gasteiger partial charge in [0.2, 0.25) is 0 Å². The number of carbonyl (C=O) groups is 1. The second-order valence-corrected chi connectivity index (χ2v) is 3.59. The van der Waals surface area contributed by atoms with Gasteiger partial charge in [-0.05, 0) is 12.1 Å². The minimum Gasteiger partial charge on any atom is -0.490 e. The van der Waals surface area contributed by atoms with Crippen molar-refractivity contribution in [1.82, 2.24) is 0 Å². The fraction of sp³-hybridized carbons (Fsp3) is 0.308. The first-order valence-electron chi connectivity index (χ1n) is 5.53. The largest absolute Gasteiger partial charge is 0.490 e. The van der Waals surface area contributed by atoms with Crippen LogP contribution in [0.1, 0.15) is 5.56 Å². The van der Waals surface area contributed by atoms with E-state index < -0.39 is 12.1 Å². The molecule has 1 unspecified atom stereocenters. The number of rotatable bonds is 6. The molecule has 1 aromatic rings. The van der Waals surface area contributed by atoms with Gasteiger partial charge in [0.05, 0.1) is 7.11 Å². The summed E-state index contributed by atoms with van der Waals surface area (Å²) in [5.41, 5.74) is 6.01. The molecule has 98 valence electrons. The maximum atomic E-state index is 11.0. The number of aliphatic hydroxyl groups is 1. The summed E-state index contributed by atoms with van der Waals surface area (Å²) in [5.74, 6) is 0.136. The summed E-state index contributed by atoms with van der Waals surface area (Å²) in [6.45, 7) is 0.250. The Labute approximate surface area is 106 Å². The Kier molecular flexibility index (Phi) is 5.90. The molecule has 0 aliphatic heterocycles. The minimum atomic E-state index is -0.706. The molecule has 0 heterocycles. The summed E-state index contributed by atoms with van der Waals surface area (Å²) in [6.07, 6.45) is 2.19. The van der Waals surface area contributed by atoms with Crippen molar-refractivity contribution in [1.29, 1.82) is 0 Å². The SMILES string of the molecule is COC(=O)/C=C/c1ccccc1OCC(O)CN. The van der Waals surface area contributed by atoms with E-state index in [1.165, 1.54) is 13.2 Å². The molecule has 0 saturated heterocycles. The number of hydrogen-bond acceptors (Lipinski definition) is 5. The number of benzene rings is 1. The van der Waals surface area contributed by atoms with Gasteiger partial charge in [-0.3, -0.25) is 0 Å². The Bertz CT molecular complexity index is 417. The lowest BCUT2D eigenvalue weighted by molar-refractivity contribution is -0.134. The van der Waals surface area contributed by atoms with Crippen molar-refractivity contribution in [3.8, 4) is 5.75 Å². The van der Waals surface area contributed by atoms with Gasteiger partial charge in [-0.15, -0.1) is 0 Å². The molecular formula is C13H17NO4. The zero-order chi connectivity index (χ0) is 13.4. The van der Waals surface area contributed by atoms with Crippen LogP contribution in [0.3, 0.4) is 0 Å². The van der Waals surface area contributed by atoms with E-state index in [0.717, 1.165) is 5.56 Å². The predicted molar refractivity (Wildman–Crippen MR) is 68.0 cm³/mol. The Morgan fingerprint density at radius 3 is 2.89 bits per heavy atom. The molecule has 0 aromatic heterocycles. The highest BCUT2D eigenvalue weighted by Gasteiger charge is 2.05. The summed E-state index contributed by atoms with van der Waals surface area (Å²) in [7, 11) is 1.31. The Balaban J connectivity index is 2.73. The van der Waals surface area contributed by atoms with Crippen LogP contribution in [-0.2, 0) is 9.53 Å². The quantitative estimate of drug-likeness (QED) is 0.570. The maximum Gasteiger partial charge on any atom is 0.330 e. The van der Waals surface area contributed by atoms with Crippen molar-refractivity contribution in [2.24, 2.45) is 5.73 Å². The third-order valence-electron chi connectivity index (χ3n) is 2.22. The molecule has 5 nitrogen and oxygen atoms in total. The lowest BCUT2D eigenvalue weighted by Crippen LogP contribution is -2.26. The monoisotopic (exact) mass is 251 g/mol. The normalized spacial score (nSPS) is 12.4. The topological polar surface area (TPSA) is 81.8 Å². The number of hydrogen-bond donors (Lipinski definition) is 2. The van der Waals surface area contributed by atoms with Gasteiger partial charge in [0.15, 0.2) is 0 Å². The van der Waals surface area contributed by atoms with Gasteiger partial charge in [0, 0.05) is 18.2 Å². The van der Waals surface area contributed by atoms with Crippen molar-refractivity contribution in [2.75, 3.05) is 20.3 Å². The highest BCUT2D eigenvalue weighted by molar-refractivity contribution is 5.87. The van der Waals surface area contributed by atoms with Crippen LogP contribution in [0, 0.1) is 0 Å². The van der Waals surface area contributed by atoms with Crippen molar-refractivity contribution in [3.63, 3.8) is 0 Å². The van der Waals surface area contributed by atoms with Gasteiger partial charge in [-0.2, -0.15) is 0 Å². The Morgan fingerprint density at radius 2 is 2.22 bits per heavy atom. The molecule has 1 aromatic carbocycles. The van der Waals surface area contributed by atoms with Gasteiger partial charge in [0.25, 0.3) is 0 Å². The second-order valence-electron chi connectivity index (χ2n) is 3.59. The number of methoxy groups -OCH3 is 1. The van der Waals surface area contributed by atoms with Crippen LogP contribution in [-0.4, -0.2) is 37.4 Å². The van der Waals surface area contributed by atoms with Gasteiger partial charge >= 0.3 is 5.97 Å². The fourth-order valence-corrected chi connectivity index (χ4v) is 1.23. The van der Waals surface area contributed by atoms with Crippen LogP contribution in [0.15, 0.2) is 30.3 Å². The lowest BCUT2D eigenvalue weighted by Gasteiger charge is -2.12. The average Bonchev–Trinajstić information content (AvgIpc) is 2.42. The van der Waals surface area contributed by atoms with E-state index >= 15 is 0 Å². The van der Waals surface area contributed by atoms with E-state index in [2.05, 4.69) is 4.74 Å². The average molecular weight is 251 g/mol. The highest BCUT2D eigenvalue weighted by Crippen LogP contribution is 2.19. The molecule has 3 N–H and O–H groups in total. The van der Waals surface area contributed by atoms with Crippen molar-refractivity contribution in [2.45, 2.75) is 6.10 Å². The number of nitrogens with two attached hydrogens (primary N) is 1.